The summed E-state index contributed by atoms with van der Waals surface area (Å²) >= 11 is 0. The normalized spacial score (nSPS) is 12.8. The van der Waals surface area contributed by atoms with Gasteiger partial charge in [-0.1, -0.05) is 38.1 Å². The van der Waals surface area contributed by atoms with Gasteiger partial charge in [0.2, 0.25) is 0 Å². The van der Waals surface area contributed by atoms with E-state index in [1.54, 1.807) is 48.5 Å². The summed E-state index contributed by atoms with van der Waals surface area (Å²) in [6, 6.07) is 18.8. The van der Waals surface area contributed by atoms with Crippen LogP contribution in [0.1, 0.15) is 51.6 Å². The number of carbonyl (C=O) groups is 3. The number of nitrogens with zero attached hydrogens (tertiary/aromatic N) is 1. The topological polar surface area (TPSA) is 72.9 Å². The predicted octanol–water partition coefficient (Wildman–Crippen LogP) is 4.90. The molecule has 0 saturated carbocycles. The van der Waals surface area contributed by atoms with Crippen LogP contribution in [0.2, 0.25) is 0 Å². The van der Waals surface area contributed by atoms with Crippen LogP contribution in [0.15, 0.2) is 66.7 Å². The van der Waals surface area contributed by atoms with Gasteiger partial charge in [-0.05, 0) is 66.4 Å². The van der Waals surface area contributed by atoms with Gasteiger partial charge in [0.05, 0.1) is 16.8 Å². The van der Waals surface area contributed by atoms with Crippen molar-refractivity contribution in [2.24, 2.45) is 0 Å². The van der Waals surface area contributed by atoms with Crippen LogP contribution >= 0.6 is 0 Å². The molecular formula is C26H23NO5. The van der Waals surface area contributed by atoms with E-state index < -0.39 is 5.97 Å². The Labute approximate surface area is 186 Å². The number of fused-ring (bicyclic) bond motifs is 1. The highest BCUT2D eigenvalue weighted by Crippen LogP contribution is 2.30. The molecule has 0 aromatic heterocycles. The second-order valence-electron chi connectivity index (χ2n) is 7.94. The average molecular weight is 429 g/mol. The van der Waals surface area contributed by atoms with E-state index in [9.17, 15) is 14.4 Å². The van der Waals surface area contributed by atoms with E-state index in [2.05, 4.69) is 13.8 Å². The minimum Gasteiger partial charge on any atom is -0.482 e. The van der Waals surface area contributed by atoms with Crippen molar-refractivity contribution in [2.45, 2.75) is 26.7 Å². The third-order valence-corrected chi connectivity index (χ3v) is 5.26. The van der Waals surface area contributed by atoms with Gasteiger partial charge in [0.25, 0.3) is 11.8 Å². The zero-order valence-corrected chi connectivity index (χ0v) is 18.1. The summed E-state index contributed by atoms with van der Waals surface area (Å²) in [5.74, 6) is -0.0677. The lowest BCUT2D eigenvalue weighted by Gasteiger charge is -2.15. The fraction of sp³-hybridized carbons (Fsp3) is 0.192. The van der Waals surface area contributed by atoms with E-state index in [0.29, 0.717) is 28.3 Å². The van der Waals surface area contributed by atoms with Crippen molar-refractivity contribution in [3.63, 3.8) is 0 Å². The fourth-order valence-electron chi connectivity index (χ4n) is 3.63. The van der Waals surface area contributed by atoms with Crippen molar-refractivity contribution in [1.29, 1.82) is 0 Å². The molecule has 6 nitrogen and oxygen atoms in total. The first-order valence-electron chi connectivity index (χ1n) is 10.4. The maximum atomic E-state index is 12.6. The van der Waals surface area contributed by atoms with Crippen LogP contribution in [0, 0.1) is 6.92 Å². The number of esters is 1. The number of carbonyl (C=O) groups excluding carboxylic acids is 3. The minimum absolute atomic E-state index is 0.233. The van der Waals surface area contributed by atoms with Gasteiger partial charge in [-0.3, -0.25) is 9.59 Å². The van der Waals surface area contributed by atoms with Gasteiger partial charge < -0.3 is 9.47 Å². The summed E-state index contributed by atoms with van der Waals surface area (Å²) in [4.78, 5) is 38.6. The molecule has 1 heterocycles. The Morgan fingerprint density at radius 1 is 0.906 bits per heavy atom. The van der Waals surface area contributed by atoms with Crippen LogP contribution in [0.25, 0.3) is 0 Å². The Bertz CT molecular complexity index is 1160. The van der Waals surface area contributed by atoms with Crippen LogP contribution in [0.5, 0.6) is 11.5 Å². The highest BCUT2D eigenvalue weighted by molar-refractivity contribution is 6.34. The SMILES string of the molecule is Cc1ccc(C(C)C)c(OCC(=O)Oc2ccc(N3C(=O)c4ccccc4C3=O)cc2)c1. The molecule has 1 aliphatic heterocycles. The molecule has 0 saturated heterocycles. The molecule has 0 radical (unpaired) electrons. The summed E-state index contributed by atoms with van der Waals surface area (Å²) in [6.07, 6.45) is 0. The summed E-state index contributed by atoms with van der Waals surface area (Å²) in [7, 11) is 0. The molecule has 32 heavy (non-hydrogen) atoms. The first-order chi connectivity index (χ1) is 15.3. The molecule has 0 spiro atoms. The lowest BCUT2D eigenvalue weighted by atomic mass is 10.0. The van der Waals surface area contributed by atoms with Gasteiger partial charge >= 0.3 is 5.97 Å². The summed E-state index contributed by atoms with van der Waals surface area (Å²) < 4.78 is 11.1. The molecule has 0 bridgehead atoms. The van der Waals surface area contributed by atoms with Crippen LogP contribution in [0.4, 0.5) is 5.69 Å². The molecule has 0 atom stereocenters. The van der Waals surface area contributed by atoms with E-state index in [0.717, 1.165) is 16.0 Å². The van der Waals surface area contributed by atoms with Crippen molar-refractivity contribution >= 4 is 23.5 Å². The standard InChI is InChI=1S/C26H23NO5/c1-16(2)20-13-8-17(3)14-23(20)31-15-24(28)32-19-11-9-18(10-12-19)27-25(29)21-6-4-5-7-22(21)26(27)30/h4-14,16H,15H2,1-3H3. The smallest absolute Gasteiger partial charge is 0.349 e. The largest absolute Gasteiger partial charge is 0.482 e. The van der Waals surface area contributed by atoms with Crippen molar-refractivity contribution in [1.82, 2.24) is 0 Å². The maximum absolute atomic E-state index is 12.6. The maximum Gasteiger partial charge on any atom is 0.349 e. The fourth-order valence-corrected chi connectivity index (χ4v) is 3.63. The molecule has 3 aromatic rings. The average Bonchev–Trinajstić information content (AvgIpc) is 3.03. The van der Waals surface area contributed by atoms with Gasteiger partial charge in [-0.25, -0.2) is 9.69 Å². The van der Waals surface area contributed by atoms with Gasteiger partial charge in [-0.2, -0.15) is 0 Å². The van der Waals surface area contributed by atoms with Crippen LogP contribution < -0.4 is 14.4 Å². The van der Waals surface area contributed by atoms with Crippen molar-refractivity contribution < 1.29 is 23.9 Å². The van der Waals surface area contributed by atoms with Crippen LogP contribution in [-0.4, -0.2) is 24.4 Å². The zero-order chi connectivity index (χ0) is 22.8. The second-order valence-corrected chi connectivity index (χ2v) is 7.94. The molecule has 0 N–H and O–H groups in total. The number of anilines is 1. The number of aryl methyl sites for hydroxylation is 1. The number of imide groups is 1. The molecule has 2 amide bonds. The molecular weight excluding hydrogens is 406 g/mol. The molecule has 1 aliphatic rings. The monoisotopic (exact) mass is 429 g/mol. The molecule has 4 rings (SSSR count). The lowest BCUT2D eigenvalue weighted by molar-refractivity contribution is -0.136. The Hall–Kier alpha value is -3.93. The van der Waals surface area contributed by atoms with E-state index in [1.165, 1.54) is 0 Å². The Morgan fingerprint density at radius 3 is 2.12 bits per heavy atom. The number of benzene rings is 3. The molecule has 6 heteroatoms. The number of ether oxygens (including phenoxy) is 2. The highest BCUT2D eigenvalue weighted by Gasteiger charge is 2.36. The Balaban J connectivity index is 1.41. The van der Waals surface area contributed by atoms with Gasteiger partial charge in [-0.15, -0.1) is 0 Å². The van der Waals surface area contributed by atoms with Gasteiger partial charge in [0, 0.05) is 0 Å². The summed E-state index contributed by atoms with van der Waals surface area (Å²) in [5.41, 5.74) is 3.23. The molecule has 0 aliphatic carbocycles. The lowest BCUT2D eigenvalue weighted by Crippen LogP contribution is -2.29. The molecule has 0 fully saturated rings. The first kappa shape index (κ1) is 21.3. The van der Waals surface area contributed by atoms with Crippen LogP contribution in [0.3, 0.4) is 0 Å². The number of amides is 2. The zero-order valence-electron chi connectivity index (χ0n) is 18.1. The van der Waals surface area contributed by atoms with E-state index in [4.69, 9.17) is 9.47 Å². The van der Waals surface area contributed by atoms with Crippen molar-refractivity contribution in [2.75, 3.05) is 11.5 Å². The van der Waals surface area contributed by atoms with Gasteiger partial charge in [0.15, 0.2) is 6.61 Å². The van der Waals surface area contributed by atoms with Crippen LogP contribution in [-0.2, 0) is 4.79 Å². The van der Waals surface area contributed by atoms with E-state index in [-0.39, 0.29) is 24.3 Å². The van der Waals surface area contributed by atoms with Crippen molar-refractivity contribution in [3.05, 3.63) is 89.0 Å². The van der Waals surface area contributed by atoms with E-state index in [1.807, 2.05) is 25.1 Å². The van der Waals surface area contributed by atoms with Crippen molar-refractivity contribution in [3.8, 4) is 11.5 Å². The third-order valence-electron chi connectivity index (χ3n) is 5.26. The molecule has 162 valence electrons. The summed E-state index contributed by atoms with van der Waals surface area (Å²) in [5, 5.41) is 0. The molecule has 3 aromatic carbocycles. The van der Waals surface area contributed by atoms with Gasteiger partial charge in [0.1, 0.15) is 11.5 Å². The number of hydrogen-bond acceptors (Lipinski definition) is 5. The molecule has 0 unspecified atom stereocenters. The number of hydrogen-bond donors (Lipinski definition) is 0. The highest BCUT2D eigenvalue weighted by atomic mass is 16.6. The summed E-state index contributed by atoms with van der Waals surface area (Å²) in [6.45, 7) is 5.85. The quantitative estimate of drug-likeness (QED) is 0.316. The number of rotatable bonds is 6. The van der Waals surface area contributed by atoms with E-state index >= 15 is 0 Å². The third kappa shape index (κ3) is 4.12. The minimum atomic E-state index is -0.547. The predicted molar refractivity (Wildman–Crippen MR) is 120 cm³/mol. The Morgan fingerprint density at radius 2 is 1.53 bits per heavy atom. The Kier molecular flexibility index (Phi) is 5.77. The second kappa shape index (κ2) is 8.67. The first-order valence-corrected chi connectivity index (χ1v) is 10.4.